The lowest BCUT2D eigenvalue weighted by Gasteiger charge is -2.29. The van der Waals surface area contributed by atoms with E-state index in [1.807, 2.05) is 0 Å². The number of hydrogen-bond donors (Lipinski definition) is 0. The Morgan fingerprint density at radius 2 is 2.00 bits per heavy atom. The SMILES string of the molecule is CCCC1CCC(c2ccccc2)OC1. The van der Waals surface area contributed by atoms with Crippen LogP contribution >= 0.6 is 0 Å². The second-order valence-electron chi connectivity index (χ2n) is 4.46. The number of hydrogen-bond acceptors (Lipinski definition) is 1. The number of rotatable bonds is 3. The smallest absolute Gasteiger partial charge is 0.0825 e. The van der Waals surface area contributed by atoms with Crippen LogP contribution < -0.4 is 0 Å². The number of ether oxygens (including phenoxy) is 1. The number of benzene rings is 1. The molecule has 1 nitrogen and oxygen atoms in total. The second-order valence-corrected chi connectivity index (χ2v) is 4.46. The largest absolute Gasteiger partial charge is 0.373 e. The third-order valence-corrected chi connectivity index (χ3v) is 3.24. The van der Waals surface area contributed by atoms with E-state index in [1.165, 1.54) is 31.2 Å². The second kappa shape index (κ2) is 5.32. The summed E-state index contributed by atoms with van der Waals surface area (Å²) in [5.74, 6) is 0.801. The van der Waals surface area contributed by atoms with E-state index in [2.05, 4.69) is 37.3 Å². The van der Waals surface area contributed by atoms with E-state index >= 15 is 0 Å². The van der Waals surface area contributed by atoms with Gasteiger partial charge in [0, 0.05) is 0 Å². The van der Waals surface area contributed by atoms with E-state index < -0.39 is 0 Å². The van der Waals surface area contributed by atoms with Gasteiger partial charge in [0.15, 0.2) is 0 Å². The summed E-state index contributed by atoms with van der Waals surface area (Å²) in [6, 6.07) is 10.6. The van der Waals surface area contributed by atoms with Crippen molar-refractivity contribution in [3.63, 3.8) is 0 Å². The molecule has 1 heteroatoms. The zero-order valence-corrected chi connectivity index (χ0v) is 9.49. The van der Waals surface area contributed by atoms with Crippen LogP contribution in [0.15, 0.2) is 30.3 Å². The molecule has 0 saturated carbocycles. The Kier molecular flexibility index (Phi) is 3.79. The molecule has 15 heavy (non-hydrogen) atoms. The summed E-state index contributed by atoms with van der Waals surface area (Å²) >= 11 is 0. The minimum Gasteiger partial charge on any atom is -0.373 e. The lowest BCUT2D eigenvalue weighted by atomic mass is 9.92. The lowest BCUT2D eigenvalue weighted by Crippen LogP contribution is -2.20. The Balaban J connectivity index is 1.88. The van der Waals surface area contributed by atoms with Crippen LogP contribution in [0.3, 0.4) is 0 Å². The van der Waals surface area contributed by atoms with Gasteiger partial charge in [-0.05, 0) is 30.7 Å². The zero-order valence-electron chi connectivity index (χ0n) is 9.49. The molecule has 0 aromatic heterocycles. The Morgan fingerprint density at radius 1 is 1.20 bits per heavy atom. The van der Waals surface area contributed by atoms with Crippen molar-refractivity contribution in [3.05, 3.63) is 35.9 Å². The molecule has 2 atom stereocenters. The van der Waals surface area contributed by atoms with Crippen LogP contribution in [-0.4, -0.2) is 6.61 Å². The molecule has 1 saturated heterocycles. The van der Waals surface area contributed by atoms with Gasteiger partial charge in [0.1, 0.15) is 0 Å². The summed E-state index contributed by atoms with van der Waals surface area (Å²) in [5.41, 5.74) is 1.34. The third kappa shape index (κ3) is 2.82. The van der Waals surface area contributed by atoms with Gasteiger partial charge in [-0.15, -0.1) is 0 Å². The summed E-state index contributed by atoms with van der Waals surface area (Å²) in [4.78, 5) is 0. The first-order valence-electron chi connectivity index (χ1n) is 6.06. The molecule has 0 bridgehead atoms. The van der Waals surface area contributed by atoms with Crippen LogP contribution in [0.25, 0.3) is 0 Å². The fourth-order valence-corrected chi connectivity index (χ4v) is 2.37. The van der Waals surface area contributed by atoms with Gasteiger partial charge in [-0.2, -0.15) is 0 Å². The fraction of sp³-hybridized carbons (Fsp3) is 0.571. The average molecular weight is 204 g/mol. The van der Waals surface area contributed by atoms with Crippen LogP contribution in [0.4, 0.5) is 0 Å². The average Bonchev–Trinajstić information content (AvgIpc) is 2.32. The van der Waals surface area contributed by atoms with Crippen LogP contribution in [-0.2, 0) is 4.74 Å². The summed E-state index contributed by atoms with van der Waals surface area (Å²) in [5, 5.41) is 0. The highest BCUT2D eigenvalue weighted by Gasteiger charge is 2.21. The molecule has 0 amide bonds. The van der Waals surface area contributed by atoms with Crippen molar-refractivity contribution < 1.29 is 4.74 Å². The molecule has 82 valence electrons. The highest BCUT2D eigenvalue weighted by atomic mass is 16.5. The summed E-state index contributed by atoms with van der Waals surface area (Å²) in [6.07, 6.45) is 5.47. The van der Waals surface area contributed by atoms with E-state index in [0.717, 1.165) is 12.5 Å². The van der Waals surface area contributed by atoms with Gasteiger partial charge < -0.3 is 4.74 Å². The van der Waals surface area contributed by atoms with Crippen molar-refractivity contribution in [1.29, 1.82) is 0 Å². The molecule has 1 aromatic carbocycles. The predicted molar refractivity (Wildman–Crippen MR) is 62.8 cm³/mol. The minimum absolute atomic E-state index is 0.347. The maximum atomic E-state index is 5.93. The Labute approximate surface area is 92.5 Å². The van der Waals surface area contributed by atoms with Gasteiger partial charge in [-0.25, -0.2) is 0 Å². The molecule has 2 rings (SSSR count). The van der Waals surface area contributed by atoms with E-state index in [0.29, 0.717) is 6.10 Å². The van der Waals surface area contributed by atoms with Gasteiger partial charge in [0.25, 0.3) is 0 Å². The fourth-order valence-electron chi connectivity index (χ4n) is 2.37. The maximum Gasteiger partial charge on any atom is 0.0825 e. The van der Waals surface area contributed by atoms with Gasteiger partial charge in [-0.3, -0.25) is 0 Å². The summed E-state index contributed by atoms with van der Waals surface area (Å²) in [7, 11) is 0. The molecule has 1 heterocycles. The molecule has 1 aliphatic heterocycles. The molecule has 1 fully saturated rings. The van der Waals surface area contributed by atoms with Crippen LogP contribution in [0, 0.1) is 5.92 Å². The van der Waals surface area contributed by atoms with Crippen molar-refractivity contribution in [2.75, 3.05) is 6.61 Å². The third-order valence-electron chi connectivity index (χ3n) is 3.24. The van der Waals surface area contributed by atoms with Crippen molar-refractivity contribution in [3.8, 4) is 0 Å². The zero-order chi connectivity index (χ0) is 10.5. The van der Waals surface area contributed by atoms with Gasteiger partial charge >= 0.3 is 0 Å². The van der Waals surface area contributed by atoms with Crippen molar-refractivity contribution in [1.82, 2.24) is 0 Å². The van der Waals surface area contributed by atoms with Gasteiger partial charge in [0.2, 0.25) is 0 Å². The normalized spacial score (nSPS) is 26.5. The predicted octanol–water partition coefficient (Wildman–Crippen LogP) is 3.95. The van der Waals surface area contributed by atoms with E-state index in [1.54, 1.807) is 0 Å². The maximum absolute atomic E-state index is 5.93. The minimum atomic E-state index is 0.347. The monoisotopic (exact) mass is 204 g/mol. The topological polar surface area (TPSA) is 9.23 Å². The Morgan fingerprint density at radius 3 is 2.60 bits per heavy atom. The van der Waals surface area contributed by atoms with Crippen molar-refractivity contribution >= 4 is 0 Å². The van der Waals surface area contributed by atoms with Crippen LogP contribution in [0.2, 0.25) is 0 Å². The molecule has 0 radical (unpaired) electrons. The van der Waals surface area contributed by atoms with Gasteiger partial charge in [0.05, 0.1) is 12.7 Å². The molecular weight excluding hydrogens is 184 g/mol. The van der Waals surface area contributed by atoms with Crippen LogP contribution in [0.5, 0.6) is 0 Å². The van der Waals surface area contributed by atoms with E-state index in [-0.39, 0.29) is 0 Å². The molecule has 0 spiro atoms. The first-order chi connectivity index (χ1) is 7.40. The highest BCUT2D eigenvalue weighted by molar-refractivity contribution is 5.17. The quantitative estimate of drug-likeness (QED) is 0.724. The Bertz CT molecular complexity index is 273. The van der Waals surface area contributed by atoms with Gasteiger partial charge in [-0.1, -0.05) is 43.7 Å². The van der Waals surface area contributed by atoms with Crippen molar-refractivity contribution in [2.24, 2.45) is 5.92 Å². The first-order valence-corrected chi connectivity index (χ1v) is 6.06. The summed E-state index contributed by atoms with van der Waals surface area (Å²) in [6.45, 7) is 3.21. The molecular formula is C14H20O. The Hall–Kier alpha value is -0.820. The van der Waals surface area contributed by atoms with E-state index in [4.69, 9.17) is 4.74 Å². The van der Waals surface area contributed by atoms with Crippen molar-refractivity contribution in [2.45, 2.75) is 38.7 Å². The molecule has 0 aliphatic carbocycles. The van der Waals surface area contributed by atoms with Crippen LogP contribution in [0.1, 0.15) is 44.3 Å². The molecule has 1 aromatic rings. The standard InChI is InChI=1S/C14H20O/c1-2-6-12-9-10-14(15-11-12)13-7-4-3-5-8-13/h3-5,7-8,12,14H,2,6,9-11H2,1H3. The molecule has 0 N–H and O–H groups in total. The first kappa shape index (κ1) is 10.7. The molecule has 2 unspecified atom stereocenters. The highest BCUT2D eigenvalue weighted by Crippen LogP contribution is 2.31. The molecule has 1 aliphatic rings. The lowest BCUT2D eigenvalue weighted by molar-refractivity contribution is -0.0194. The summed E-state index contributed by atoms with van der Waals surface area (Å²) < 4.78 is 5.93. The van der Waals surface area contributed by atoms with E-state index in [9.17, 15) is 0 Å².